The summed E-state index contributed by atoms with van der Waals surface area (Å²) in [6.07, 6.45) is 7.05. The van der Waals surface area contributed by atoms with E-state index in [1.807, 2.05) is 0 Å². The van der Waals surface area contributed by atoms with Crippen LogP contribution in [0.15, 0.2) is 5.38 Å². The Balaban J connectivity index is 1.66. The third-order valence-corrected chi connectivity index (χ3v) is 5.95. The molecule has 1 amide bonds. The largest absolute Gasteiger partial charge is 0.338 e. The summed E-state index contributed by atoms with van der Waals surface area (Å²) in [4.78, 5) is 21.3. The van der Waals surface area contributed by atoms with Crippen LogP contribution in [0.4, 0.5) is 0 Å². The van der Waals surface area contributed by atoms with E-state index in [0.717, 1.165) is 38.9 Å². The number of likely N-dealkylation sites (tertiary alicyclic amines) is 2. The number of hydrogen-bond acceptors (Lipinski definition) is 4. The first-order valence-corrected chi connectivity index (χ1v) is 9.51. The Labute approximate surface area is 137 Å². The highest BCUT2D eigenvalue weighted by molar-refractivity contribution is 7.09. The number of rotatable bonds is 5. The van der Waals surface area contributed by atoms with Crippen LogP contribution < -0.4 is 0 Å². The number of aryl methyl sites for hydroxylation is 1. The van der Waals surface area contributed by atoms with Gasteiger partial charge in [0.05, 0.1) is 10.7 Å². The summed E-state index contributed by atoms with van der Waals surface area (Å²) in [5.74, 6) is 0.244. The maximum absolute atomic E-state index is 11.9. The Morgan fingerprint density at radius 3 is 2.86 bits per heavy atom. The highest BCUT2D eigenvalue weighted by atomic mass is 32.1. The minimum absolute atomic E-state index is 0.244. The van der Waals surface area contributed by atoms with Crippen molar-refractivity contribution in [1.29, 1.82) is 0 Å². The number of amides is 1. The molecule has 0 aromatic carbocycles. The predicted octanol–water partition coefficient (Wildman–Crippen LogP) is 3.07. The van der Waals surface area contributed by atoms with Crippen molar-refractivity contribution < 1.29 is 4.79 Å². The Bertz CT molecular complexity index is 516. The molecule has 2 aliphatic rings. The maximum Gasteiger partial charge on any atom is 0.219 e. The van der Waals surface area contributed by atoms with Crippen molar-refractivity contribution in [3.63, 3.8) is 0 Å². The minimum Gasteiger partial charge on any atom is -0.338 e. The zero-order chi connectivity index (χ0) is 15.5. The van der Waals surface area contributed by atoms with Gasteiger partial charge in [0.2, 0.25) is 5.91 Å². The monoisotopic (exact) mass is 321 g/mol. The number of carbonyl (C=O) groups excluding carboxylic acids is 1. The van der Waals surface area contributed by atoms with E-state index in [9.17, 15) is 4.79 Å². The Hall–Kier alpha value is -0.940. The molecule has 2 saturated heterocycles. The van der Waals surface area contributed by atoms with Gasteiger partial charge in [0.15, 0.2) is 0 Å². The van der Waals surface area contributed by atoms with E-state index in [2.05, 4.69) is 22.1 Å². The first-order valence-electron chi connectivity index (χ1n) is 8.63. The van der Waals surface area contributed by atoms with Crippen molar-refractivity contribution in [3.8, 4) is 0 Å². The molecule has 0 aliphatic carbocycles. The van der Waals surface area contributed by atoms with Gasteiger partial charge in [-0.3, -0.25) is 9.69 Å². The highest BCUT2D eigenvalue weighted by Crippen LogP contribution is 2.31. The predicted molar refractivity (Wildman–Crippen MR) is 90.0 cm³/mol. The van der Waals surface area contributed by atoms with Gasteiger partial charge in [-0.15, -0.1) is 11.3 Å². The molecule has 0 bridgehead atoms. The molecule has 3 rings (SSSR count). The van der Waals surface area contributed by atoms with Crippen LogP contribution in [0.1, 0.15) is 56.7 Å². The lowest BCUT2D eigenvalue weighted by Gasteiger charge is -2.34. The second-order valence-corrected chi connectivity index (χ2v) is 7.53. The fourth-order valence-electron chi connectivity index (χ4n) is 4.03. The lowest BCUT2D eigenvalue weighted by molar-refractivity contribution is -0.130. The van der Waals surface area contributed by atoms with E-state index in [4.69, 9.17) is 4.98 Å². The quantitative estimate of drug-likeness (QED) is 0.836. The number of hydrogen-bond donors (Lipinski definition) is 0. The lowest BCUT2D eigenvalue weighted by Crippen LogP contribution is -2.47. The van der Waals surface area contributed by atoms with Crippen LogP contribution in [-0.4, -0.2) is 45.9 Å². The summed E-state index contributed by atoms with van der Waals surface area (Å²) < 4.78 is 0. The molecule has 0 N–H and O–H groups in total. The molecule has 22 heavy (non-hydrogen) atoms. The van der Waals surface area contributed by atoms with Crippen LogP contribution in [-0.2, 0) is 17.8 Å². The molecule has 5 heteroatoms. The van der Waals surface area contributed by atoms with Crippen molar-refractivity contribution in [1.82, 2.24) is 14.8 Å². The number of thiazole rings is 1. The molecule has 1 aromatic heterocycles. The molecule has 3 heterocycles. The van der Waals surface area contributed by atoms with Crippen molar-refractivity contribution >= 4 is 17.2 Å². The minimum atomic E-state index is 0.244. The van der Waals surface area contributed by atoms with Gasteiger partial charge in [-0.2, -0.15) is 0 Å². The van der Waals surface area contributed by atoms with Gasteiger partial charge in [0.25, 0.3) is 0 Å². The van der Waals surface area contributed by atoms with E-state index < -0.39 is 0 Å². The van der Waals surface area contributed by atoms with Crippen molar-refractivity contribution in [2.75, 3.05) is 13.1 Å². The first-order chi connectivity index (χ1) is 10.7. The van der Waals surface area contributed by atoms with E-state index in [1.165, 1.54) is 30.0 Å². The summed E-state index contributed by atoms with van der Waals surface area (Å²) in [5, 5.41) is 3.48. The summed E-state index contributed by atoms with van der Waals surface area (Å²) in [6, 6.07) is 0.955. The maximum atomic E-state index is 11.9. The van der Waals surface area contributed by atoms with Crippen LogP contribution >= 0.6 is 11.3 Å². The molecular weight excluding hydrogens is 294 g/mol. The molecule has 2 aliphatic heterocycles. The topological polar surface area (TPSA) is 36.4 Å². The number of aromatic nitrogens is 1. The molecule has 122 valence electrons. The molecule has 1 aromatic rings. The van der Waals surface area contributed by atoms with Crippen LogP contribution in [0.5, 0.6) is 0 Å². The standard InChI is InChI=1S/C17H27N3OS/c1-3-6-17-18-14(12-22-17)11-19-9-4-7-15(19)16-8-5-10-20(16)13(2)21/h12,15-16H,3-11H2,1-2H3/t15-,16+/m1/s1. The zero-order valence-corrected chi connectivity index (χ0v) is 14.6. The highest BCUT2D eigenvalue weighted by Gasteiger charge is 2.38. The second-order valence-electron chi connectivity index (χ2n) is 6.58. The third-order valence-electron chi connectivity index (χ3n) is 4.99. The van der Waals surface area contributed by atoms with Crippen molar-refractivity contribution in [2.24, 2.45) is 0 Å². The summed E-state index contributed by atoms with van der Waals surface area (Å²) in [7, 11) is 0. The van der Waals surface area contributed by atoms with Gasteiger partial charge in [-0.25, -0.2) is 4.98 Å². The van der Waals surface area contributed by atoms with Crippen LogP contribution in [0.25, 0.3) is 0 Å². The van der Waals surface area contributed by atoms with Gasteiger partial charge in [0, 0.05) is 37.5 Å². The van der Waals surface area contributed by atoms with E-state index in [0.29, 0.717) is 12.1 Å². The summed E-state index contributed by atoms with van der Waals surface area (Å²) in [6.45, 7) is 6.96. The molecule has 0 radical (unpaired) electrons. The van der Waals surface area contributed by atoms with Crippen LogP contribution in [0.2, 0.25) is 0 Å². The molecule has 0 saturated carbocycles. The fourth-order valence-corrected chi connectivity index (χ4v) is 4.92. The van der Waals surface area contributed by atoms with E-state index >= 15 is 0 Å². The lowest BCUT2D eigenvalue weighted by atomic mass is 10.0. The van der Waals surface area contributed by atoms with Crippen LogP contribution in [0, 0.1) is 0 Å². The molecular formula is C17H27N3OS. The Kier molecular flexibility index (Phi) is 5.14. The average Bonchev–Trinajstić information content (AvgIpc) is 3.19. The van der Waals surface area contributed by atoms with Gasteiger partial charge in [-0.05, 0) is 45.1 Å². The third kappa shape index (κ3) is 3.35. The van der Waals surface area contributed by atoms with Crippen molar-refractivity contribution in [2.45, 2.75) is 71.0 Å². The fraction of sp³-hybridized carbons (Fsp3) is 0.765. The molecule has 2 fully saturated rings. The Morgan fingerprint density at radius 1 is 1.32 bits per heavy atom. The van der Waals surface area contributed by atoms with Crippen molar-refractivity contribution in [3.05, 3.63) is 16.1 Å². The number of nitrogens with zero attached hydrogens (tertiary/aromatic N) is 3. The molecule has 2 atom stereocenters. The molecule has 4 nitrogen and oxygen atoms in total. The van der Waals surface area contributed by atoms with Gasteiger partial charge in [0.1, 0.15) is 0 Å². The van der Waals surface area contributed by atoms with E-state index in [-0.39, 0.29) is 5.91 Å². The SMILES string of the molecule is CCCc1nc(CN2CCC[C@@H]2[C@@H]2CCCN2C(C)=O)cs1. The Morgan fingerprint density at radius 2 is 2.09 bits per heavy atom. The average molecular weight is 321 g/mol. The smallest absolute Gasteiger partial charge is 0.219 e. The van der Waals surface area contributed by atoms with Gasteiger partial charge < -0.3 is 4.90 Å². The summed E-state index contributed by atoms with van der Waals surface area (Å²) >= 11 is 1.79. The first kappa shape index (κ1) is 15.9. The normalized spacial score (nSPS) is 26.0. The second kappa shape index (κ2) is 7.09. The summed E-state index contributed by atoms with van der Waals surface area (Å²) in [5.41, 5.74) is 1.22. The van der Waals surface area contributed by atoms with Gasteiger partial charge >= 0.3 is 0 Å². The van der Waals surface area contributed by atoms with E-state index in [1.54, 1.807) is 18.3 Å². The van der Waals surface area contributed by atoms with Gasteiger partial charge in [-0.1, -0.05) is 6.92 Å². The zero-order valence-electron chi connectivity index (χ0n) is 13.8. The molecule has 0 unspecified atom stereocenters. The molecule has 0 spiro atoms. The number of carbonyl (C=O) groups is 1. The van der Waals surface area contributed by atoms with Crippen LogP contribution in [0.3, 0.4) is 0 Å².